The average molecular weight is 306 g/mol. The van der Waals surface area contributed by atoms with Gasteiger partial charge in [-0.1, -0.05) is 30.7 Å². The molecule has 2 N–H and O–H groups in total. The van der Waals surface area contributed by atoms with Crippen molar-refractivity contribution in [1.29, 1.82) is 0 Å². The predicted octanol–water partition coefficient (Wildman–Crippen LogP) is 4.62. The highest BCUT2D eigenvalue weighted by atomic mass is 16.3. The number of rotatable bonds is 4. The van der Waals surface area contributed by atoms with Crippen LogP contribution in [0.2, 0.25) is 0 Å². The first-order valence-electron chi connectivity index (χ1n) is 8.87. The summed E-state index contributed by atoms with van der Waals surface area (Å²) in [6.07, 6.45) is 9.33. The van der Waals surface area contributed by atoms with E-state index in [2.05, 4.69) is 26.5 Å². The molecule has 0 aliphatic heterocycles. The summed E-state index contributed by atoms with van der Waals surface area (Å²) >= 11 is 0. The van der Waals surface area contributed by atoms with Crippen molar-refractivity contribution in [2.45, 2.75) is 84.3 Å². The van der Waals surface area contributed by atoms with E-state index in [-0.39, 0.29) is 0 Å². The Morgan fingerprint density at radius 2 is 2.09 bits per heavy atom. The predicted molar refractivity (Wildman–Crippen MR) is 92.6 cm³/mol. The van der Waals surface area contributed by atoms with Gasteiger partial charge in [-0.15, -0.1) is 0 Å². The lowest BCUT2D eigenvalue weighted by atomic mass is 9.49. The molecule has 1 saturated carbocycles. The Morgan fingerprint density at radius 1 is 1.41 bits per heavy atom. The van der Waals surface area contributed by atoms with Crippen LogP contribution in [-0.2, 0) is 0 Å². The highest BCUT2D eigenvalue weighted by Crippen LogP contribution is 2.59. The van der Waals surface area contributed by atoms with Gasteiger partial charge >= 0.3 is 0 Å². The van der Waals surface area contributed by atoms with E-state index in [0.29, 0.717) is 23.7 Å². The van der Waals surface area contributed by atoms with E-state index in [1.54, 1.807) is 13.8 Å². The number of fused-ring (bicyclic) bond motifs is 1. The number of hydrogen-bond acceptors (Lipinski definition) is 2. The monoisotopic (exact) mass is 306 g/mol. The first kappa shape index (κ1) is 17.7. The second-order valence-electron chi connectivity index (χ2n) is 8.57. The van der Waals surface area contributed by atoms with E-state index in [9.17, 15) is 10.2 Å². The van der Waals surface area contributed by atoms with Crippen molar-refractivity contribution < 1.29 is 10.2 Å². The fraction of sp³-hybridized carbons (Fsp3) is 0.800. The highest BCUT2D eigenvalue weighted by molar-refractivity contribution is 5.17. The molecule has 2 aliphatic carbocycles. The summed E-state index contributed by atoms with van der Waals surface area (Å²) < 4.78 is 0. The maximum Gasteiger partial charge on any atom is 0.0849 e. The van der Waals surface area contributed by atoms with Crippen molar-refractivity contribution in [3.8, 4) is 0 Å². The minimum absolute atomic E-state index is 0.296. The van der Waals surface area contributed by atoms with E-state index in [1.165, 1.54) is 30.4 Å². The van der Waals surface area contributed by atoms with Crippen LogP contribution in [0.4, 0.5) is 0 Å². The third-order valence-electron chi connectivity index (χ3n) is 6.20. The molecule has 2 aliphatic rings. The Balaban J connectivity index is 2.00. The van der Waals surface area contributed by atoms with Gasteiger partial charge in [0.2, 0.25) is 0 Å². The number of hydrogen-bond donors (Lipinski definition) is 2. The molecule has 4 unspecified atom stereocenters. The minimum Gasteiger partial charge on any atom is -0.390 e. The zero-order chi connectivity index (χ0) is 16.5. The molecule has 4 atom stereocenters. The van der Waals surface area contributed by atoms with Crippen molar-refractivity contribution in [3.63, 3.8) is 0 Å². The smallest absolute Gasteiger partial charge is 0.0849 e. The summed E-state index contributed by atoms with van der Waals surface area (Å²) in [7, 11) is 0. The van der Waals surface area contributed by atoms with Crippen LogP contribution in [0.15, 0.2) is 23.8 Å². The minimum atomic E-state index is -0.999. The molecule has 2 heteroatoms. The lowest BCUT2D eigenvalue weighted by Crippen LogP contribution is -2.48. The molecule has 2 nitrogen and oxygen atoms in total. The van der Waals surface area contributed by atoms with Crippen LogP contribution in [0.3, 0.4) is 0 Å². The summed E-state index contributed by atoms with van der Waals surface area (Å²) in [6, 6.07) is 0. The van der Waals surface area contributed by atoms with Crippen molar-refractivity contribution in [1.82, 2.24) is 0 Å². The van der Waals surface area contributed by atoms with Crippen LogP contribution in [0.1, 0.15) is 72.6 Å². The van der Waals surface area contributed by atoms with Gasteiger partial charge in [-0.05, 0) is 83.0 Å². The molecule has 0 aromatic carbocycles. The second-order valence-corrected chi connectivity index (χ2v) is 8.57. The van der Waals surface area contributed by atoms with E-state index < -0.39 is 11.7 Å². The lowest BCUT2D eigenvalue weighted by molar-refractivity contribution is -0.0759. The van der Waals surface area contributed by atoms with Gasteiger partial charge < -0.3 is 10.2 Å². The third-order valence-corrected chi connectivity index (χ3v) is 6.20. The quantitative estimate of drug-likeness (QED) is 0.744. The summed E-state index contributed by atoms with van der Waals surface area (Å²) in [5.41, 5.74) is 2.24. The number of aliphatic hydroxyl groups excluding tert-OH is 1. The molecular weight excluding hydrogens is 272 g/mol. The third kappa shape index (κ3) is 3.83. The first-order chi connectivity index (χ1) is 10.1. The van der Waals surface area contributed by atoms with Crippen molar-refractivity contribution in [3.05, 3.63) is 23.8 Å². The molecule has 126 valence electrons. The topological polar surface area (TPSA) is 40.5 Å². The summed E-state index contributed by atoms with van der Waals surface area (Å²) in [5.74, 6) is 1.36. The van der Waals surface area contributed by atoms with Crippen LogP contribution in [-0.4, -0.2) is 21.9 Å². The maximum absolute atomic E-state index is 10.1. The summed E-state index contributed by atoms with van der Waals surface area (Å²) in [5, 5.41) is 20.1. The van der Waals surface area contributed by atoms with Gasteiger partial charge in [-0.25, -0.2) is 0 Å². The van der Waals surface area contributed by atoms with E-state index >= 15 is 0 Å². The molecule has 0 radical (unpaired) electrons. The van der Waals surface area contributed by atoms with Crippen LogP contribution >= 0.6 is 0 Å². The standard InChI is InChI=1S/C20H34O2/c1-14-7-6-8-15(2)16-13-20(5,17(16)10-9-14)12-11-18(21)19(3,4)22/h7,16-18,21-22H,2,6,8-13H2,1,3-5H3. The largest absolute Gasteiger partial charge is 0.390 e. The molecular formula is C20H34O2. The van der Waals surface area contributed by atoms with Crippen LogP contribution in [0.5, 0.6) is 0 Å². The number of aliphatic hydroxyl groups is 2. The Morgan fingerprint density at radius 3 is 2.73 bits per heavy atom. The van der Waals surface area contributed by atoms with Crippen LogP contribution < -0.4 is 0 Å². The van der Waals surface area contributed by atoms with Gasteiger partial charge in [-0.2, -0.15) is 0 Å². The Labute approximate surface area is 136 Å². The summed E-state index contributed by atoms with van der Waals surface area (Å²) in [6.45, 7) is 12.4. The fourth-order valence-electron chi connectivity index (χ4n) is 4.38. The fourth-order valence-corrected chi connectivity index (χ4v) is 4.38. The molecule has 0 aromatic heterocycles. The number of allylic oxidation sites excluding steroid dienone is 3. The van der Waals surface area contributed by atoms with Gasteiger partial charge in [0, 0.05) is 0 Å². The van der Waals surface area contributed by atoms with Crippen molar-refractivity contribution >= 4 is 0 Å². The Bertz CT molecular complexity index is 443. The van der Waals surface area contributed by atoms with Crippen molar-refractivity contribution in [2.75, 3.05) is 0 Å². The Hall–Kier alpha value is -0.600. The molecule has 0 saturated heterocycles. The average Bonchev–Trinajstić information content (AvgIpc) is 2.45. The zero-order valence-electron chi connectivity index (χ0n) is 14.9. The Kier molecular flexibility index (Phi) is 5.23. The van der Waals surface area contributed by atoms with Gasteiger partial charge in [0.05, 0.1) is 11.7 Å². The lowest BCUT2D eigenvalue weighted by Gasteiger charge is -2.55. The van der Waals surface area contributed by atoms with Gasteiger partial charge in [0.1, 0.15) is 0 Å². The molecule has 22 heavy (non-hydrogen) atoms. The molecule has 1 fully saturated rings. The molecule has 0 spiro atoms. The highest BCUT2D eigenvalue weighted by Gasteiger charge is 2.50. The second kappa shape index (κ2) is 6.49. The van der Waals surface area contributed by atoms with Gasteiger partial charge in [-0.3, -0.25) is 0 Å². The molecule has 0 aromatic rings. The molecule has 0 heterocycles. The maximum atomic E-state index is 10.1. The van der Waals surface area contributed by atoms with E-state index in [1.807, 2.05) is 0 Å². The molecule has 0 amide bonds. The van der Waals surface area contributed by atoms with Crippen molar-refractivity contribution in [2.24, 2.45) is 17.3 Å². The first-order valence-corrected chi connectivity index (χ1v) is 8.87. The summed E-state index contributed by atoms with van der Waals surface area (Å²) in [4.78, 5) is 0. The van der Waals surface area contributed by atoms with Gasteiger partial charge in [0.25, 0.3) is 0 Å². The van der Waals surface area contributed by atoms with Crippen LogP contribution in [0.25, 0.3) is 0 Å². The zero-order valence-corrected chi connectivity index (χ0v) is 14.9. The van der Waals surface area contributed by atoms with Crippen LogP contribution in [0, 0.1) is 17.3 Å². The molecule has 2 rings (SSSR count). The van der Waals surface area contributed by atoms with Gasteiger partial charge in [0.15, 0.2) is 0 Å². The van der Waals surface area contributed by atoms with E-state index in [0.717, 1.165) is 19.3 Å². The SMILES string of the molecule is C=C1CCC=C(C)CCC2C1CC2(C)CCC(O)C(C)(C)O. The molecule has 0 bridgehead atoms. The van der Waals surface area contributed by atoms with E-state index in [4.69, 9.17) is 0 Å². The normalized spacial score (nSPS) is 34.6.